The van der Waals surface area contributed by atoms with E-state index in [1.54, 1.807) is 0 Å². The maximum absolute atomic E-state index is 13.6. The Morgan fingerprint density at radius 1 is 0.969 bits per heavy atom. The van der Waals surface area contributed by atoms with Crippen molar-refractivity contribution < 1.29 is 13.9 Å². The lowest BCUT2D eigenvalue weighted by Crippen LogP contribution is -2.28. The number of carbonyl (C=O) groups excluding carboxylic acids is 1. The molecule has 0 radical (unpaired) electrons. The zero-order chi connectivity index (χ0) is 21.7. The van der Waals surface area contributed by atoms with E-state index >= 15 is 0 Å². The molecule has 0 bridgehead atoms. The predicted molar refractivity (Wildman–Crippen MR) is 133 cm³/mol. The van der Waals surface area contributed by atoms with Crippen molar-refractivity contribution in [1.82, 2.24) is 9.80 Å². The first-order valence-corrected chi connectivity index (χ1v) is 10.7. The van der Waals surface area contributed by atoms with E-state index in [1.165, 1.54) is 12.1 Å². The van der Waals surface area contributed by atoms with E-state index in [1.807, 2.05) is 44.4 Å². The first-order valence-electron chi connectivity index (χ1n) is 10.7. The third-order valence-corrected chi connectivity index (χ3v) is 5.79. The van der Waals surface area contributed by atoms with Gasteiger partial charge >= 0.3 is 0 Å². The Morgan fingerprint density at radius 2 is 1.59 bits per heavy atom. The van der Waals surface area contributed by atoms with Crippen molar-refractivity contribution in [2.45, 2.75) is 37.9 Å². The summed E-state index contributed by atoms with van der Waals surface area (Å²) in [6.07, 6.45) is 3.15. The molecule has 1 heterocycles. The van der Waals surface area contributed by atoms with Crippen molar-refractivity contribution in [2.24, 2.45) is 0 Å². The second-order valence-electron chi connectivity index (χ2n) is 8.73. The molecule has 178 valence electrons. The lowest BCUT2D eigenvalue weighted by Gasteiger charge is -2.31. The van der Waals surface area contributed by atoms with Crippen molar-refractivity contribution in [1.29, 1.82) is 0 Å². The monoisotopic (exact) mass is 484 g/mol. The summed E-state index contributed by atoms with van der Waals surface area (Å²) in [5, 5.41) is 0. The second-order valence-corrected chi connectivity index (χ2v) is 8.73. The minimum absolute atomic E-state index is 0. The highest BCUT2D eigenvalue weighted by molar-refractivity contribution is 5.96. The van der Waals surface area contributed by atoms with Crippen LogP contribution in [0.15, 0.2) is 42.5 Å². The number of halogens is 3. The molecule has 32 heavy (non-hydrogen) atoms. The molecule has 0 aliphatic carbocycles. The van der Waals surface area contributed by atoms with Crippen LogP contribution in [0, 0.1) is 5.82 Å². The fourth-order valence-electron chi connectivity index (χ4n) is 4.21. The number of Topliss-reactive ketones (excluding diaryl/α,β-unsaturated/α-hetero) is 1. The van der Waals surface area contributed by atoms with E-state index in [0.717, 1.165) is 54.6 Å². The molecule has 1 unspecified atom stereocenters. The molecule has 0 saturated carbocycles. The normalized spacial score (nSPS) is 17.1. The molecule has 0 aromatic heterocycles. The number of rotatable bonds is 10. The third-order valence-electron chi connectivity index (χ3n) is 5.79. The predicted octanol–water partition coefficient (Wildman–Crippen LogP) is 5.31. The van der Waals surface area contributed by atoms with Gasteiger partial charge in [0.25, 0.3) is 0 Å². The van der Waals surface area contributed by atoms with E-state index < -0.39 is 5.60 Å². The lowest BCUT2D eigenvalue weighted by molar-refractivity contribution is -0.0140. The van der Waals surface area contributed by atoms with Gasteiger partial charge < -0.3 is 14.5 Å². The van der Waals surface area contributed by atoms with Gasteiger partial charge in [-0.15, -0.1) is 24.8 Å². The number of benzene rings is 2. The summed E-state index contributed by atoms with van der Waals surface area (Å²) >= 11 is 0. The molecule has 0 spiro atoms. The van der Waals surface area contributed by atoms with Crippen molar-refractivity contribution in [3.63, 3.8) is 0 Å². The molecule has 0 N–H and O–H groups in total. The molecule has 0 saturated heterocycles. The van der Waals surface area contributed by atoms with Crippen LogP contribution in [0.5, 0.6) is 0 Å². The summed E-state index contributed by atoms with van der Waals surface area (Å²) in [5.41, 5.74) is 3.28. The molecule has 4 nitrogen and oxygen atoms in total. The first-order chi connectivity index (χ1) is 14.3. The molecule has 3 rings (SSSR count). The summed E-state index contributed by atoms with van der Waals surface area (Å²) in [7, 11) is 8.15. The second kappa shape index (κ2) is 12.7. The molecule has 1 atom stereocenters. The maximum atomic E-state index is 13.6. The van der Waals surface area contributed by atoms with Crippen molar-refractivity contribution >= 4 is 30.6 Å². The van der Waals surface area contributed by atoms with Crippen molar-refractivity contribution in [3.05, 3.63) is 70.5 Å². The Hall–Kier alpha value is -1.50. The van der Waals surface area contributed by atoms with Crippen LogP contribution in [0.4, 0.5) is 4.39 Å². The van der Waals surface area contributed by atoms with Crippen LogP contribution in [0.2, 0.25) is 0 Å². The van der Waals surface area contributed by atoms with Crippen LogP contribution in [-0.4, -0.2) is 56.9 Å². The maximum Gasteiger partial charge on any atom is 0.162 e. The van der Waals surface area contributed by atoms with Gasteiger partial charge in [0.2, 0.25) is 0 Å². The Kier molecular flexibility index (Phi) is 11.3. The molecular weight excluding hydrogens is 450 g/mol. The van der Waals surface area contributed by atoms with E-state index in [9.17, 15) is 9.18 Å². The van der Waals surface area contributed by atoms with E-state index in [-0.39, 0.29) is 36.4 Å². The van der Waals surface area contributed by atoms with Crippen LogP contribution in [0.25, 0.3) is 0 Å². The molecule has 1 aliphatic rings. The van der Waals surface area contributed by atoms with Crippen molar-refractivity contribution in [3.8, 4) is 0 Å². The van der Waals surface area contributed by atoms with Gasteiger partial charge in [0.1, 0.15) is 11.4 Å². The van der Waals surface area contributed by atoms with Crippen LogP contribution in [0.1, 0.15) is 52.7 Å². The SMILES string of the molecule is CN(C)CCCC(=O)c1ccc2c(c1)COC2(CCCN(C)C)c1ccc(F)cc1.Cl.Cl. The van der Waals surface area contributed by atoms with E-state index in [2.05, 4.69) is 23.9 Å². The van der Waals surface area contributed by atoms with Gasteiger partial charge in [0, 0.05) is 12.0 Å². The topological polar surface area (TPSA) is 32.8 Å². The Morgan fingerprint density at radius 3 is 2.22 bits per heavy atom. The van der Waals surface area contributed by atoms with Gasteiger partial charge in [-0.2, -0.15) is 0 Å². The summed E-state index contributed by atoms with van der Waals surface area (Å²) in [6.45, 7) is 2.32. The number of fused-ring (bicyclic) bond motifs is 1. The van der Waals surface area contributed by atoms with E-state index in [4.69, 9.17) is 4.74 Å². The number of hydrogen-bond donors (Lipinski definition) is 0. The number of hydrogen-bond acceptors (Lipinski definition) is 4. The Labute approximate surface area is 203 Å². The summed E-state index contributed by atoms with van der Waals surface area (Å²) in [6, 6.07) is 12.6. The Bertz CT molecular complexity index is 875. The molecule has 7 heteroatoms. The lowest BCUT2D eigenvalue weighted by atomic mass is 9.81. The number of ketones is 1. The van der Waals surface area contributed by atoms with Gasteiger partial charge in [0.15, 0.2) is 5.78 Å². The van der Waals surface area contributed by atoms with Gasteiger partial charge in [-0.1, -0.05) is 24.3 Å². The fourth-order valence-corrected chi connectivity index (χ4v) is 4.21. The van der Waals surface area contributed by atoms with Crippen LogP contribution >= 0.6 is 24.8 Å². The quantitative estimate of drug-likeness (QED) is 0.427. The summed E-state index contributed by atoms with van der Waals surface area (Å²) in [5.74, 6) is -0.0781. The van der Waals surface area contributed by atoms with Gasteiger partial charge in [-0.3, -0.25) is 4.79 Å². The number of carbonyl (C=O) groups is 1. The molecule has 2 aromatic carbocycles. The molecule has 1 aliphatic heterocycles. The highest BCUT2D eigenvalue weighted by Gasteiger charge is 2.41. The minimum atomic E-state index is -0.592. The Balaban J connectivity index is 0.00000256. The zero-order valence-corrected chi connectivity index (χ0v) is 21.0. The van der Waals surface area contributed by atoms with Crippen LogP contribution < -0.4 is 0 Å². The first kappa shape index (κ1) is 28.5. The van der Waals surface area contributed by atoms with Crippen LogP contribution in [-0.2, 0) is 16.9 Å². The standard InChI is InChI=1S/C25H33FN2O2.2ClH/c1-27(2)15-5-7-24(29)19-8-13-23-20(17-19)18-30-25(23,14-6-16-28(3)4)21-9-11-22(26)12-10-21;;/h8-13,17H,5-7,14-16,18H2,1-4H3;2*1H. The molecule has 0 amide bonds. The highest BCUT2D eigenvalue weighted by atomic mass is 35.5. The van der Waals surface area contributed by atoms with Gasteiger partial charge in [0.05, 0.1) is 6.61 Å². The largest absolute Gasteiger partial charge is 0.361 e. The van der Waals surface area contributed by atoms with E-state index in [0.29, 0.717) is 13.0 Å². The average molecular weight is 485 g/mol. The third kappa shape index (κ3) is 6.75. The molecular formula is C25H35Cl2FN2O2. The average Bonchev–Trinajstić information content (AvgIpc) is 3.07. The number of ether oxygens (including phenoxy) is 1. The van der Waals surface area contributed by atoms with Gasteiger partial charge in [-0.05, 0) is 95.4 Å². The van der Waals surface area contributed by atoms with Crippen LogP contribution in [0.3, 0.4) is 0 Å². The zero-order valence-electron chi connectivity index (χ0n) is 19.4. The fraction of sp³-hybridized carbons (Fsp3) is 0.480. The molecule has 2 aromatic rings. The smallest absolute Gasteiger partial charge is 0.162 e. The summed E-state index contributed by atoms with van der Waals surface area (Å²) < 4.78 is 20.0. The number of nitrogens with zero attached hydrogens (tertiary/aromatic N) is 2. The minimum Gasteiger partial charge on any atom is -0.361 e. The summed E-state index contributed by atoms with van der Waals surface area (Å²) in [4.78, 5) is 16.9. The molecule has 0 fully saturated rings. The highest BCUT2D eigenvalue weighted by Crippen LogP contribution is 2.45. The van der Waals surface area contributed by atoms with Gasteiger partial charge in [-0.25, -0.2) is 4.39 Å². The van der Waals surface area contributed by atoms with Crippen molar-refractivity contribution in [2.75, 3.05) is 41.3 Å².